The van der Waals surface area contributed by atoms with E-state index in [1.54, 1.807) is 0 Å². The molecular weight excluding hydrogens is 179 g/mol. The molecule has 0 aromatic carbocycles. The maximum atomic E-state index is 4.94. The molecule has 0 N–H and O–H groups in total. The van der Waals surface area contributed by atoms with Gasteiger partial charge in [-0.25, -0.2) is 0 Å². The molecule has 0 radical (unpaired) electrons. The molecule has 2 aliphatic heterocycles. The van der Waals surface area contributed by atoms with Crippen molar-refractivity contribution < 1.29 is 9.47 Å². The minimum atomic E-state index is 0.750. The zero-order valence-corrected chi connectivity index (χ0v) is 10.2. The molecule has 0 aromatic rings. The van der Waals surface area contributed by atoms with E-state index in [1.165, 1.54) is 25.7 Å². The van der Waals surface area contributed by atoms with E-state index < -0.39 is 0 Å². The van der Waals surface area contributed by atoms with Crippen molar-refractivity contribution in [3.8, 4) is 0 Å². The molecule has 2 rings (SSSR count). The van der Waals surface area contributed by atoms with E-state index in [0.717, 1.165) is 41.6 Å². The fourth-order valence-corrected chi connectivity index (χ4v) is 1.02. The van der Waals surface area contributed by atoms with Crippen LogP contribution in [0.15, 0.2) is 0 Å². The van der Waals surface area contributed by atoms with Gasteiger partial charge in [0.25, 0.3) is 0 Å². The molecule has 2 nitrogen and oxygen atoms in total. The van der Waals surface area contributed by atoms with Gasteiger partial charge < -0.3 is 9.47 Å². The van der Waals surface area contributed by atoms with Gasteiger partial charge in [-0.1, -0.05) is 0 Å². The third-order valence-corrected chi connectivity index (χ3v) is 1.65. The van der Waals surface area contributed by atoms with Crippen LogP contribution in [0.25, 0.3) is 0 Å². The average Bonchev–Trinajstić information content (AvgIpc) is 2.85. The third kappa shape index (κ3) is 12.5. The average molecular weight is 201 g/mol. The molecule has 3 heteroatoms. The van der Waals surface area contributed by atoms with Crippen LogP contribution < -0.4 is 0 Å². The van der Waals surface area contributed by atoms with Crippen molar-refractivity contribution in [3.05, 3.63) is 0 Å². The van der Waals surface area contributed by atoms with Crippen LogP contribution in [-0.2, 0) is 9.47 Å². The summed E-state index contributed by atoms with van der Waals surface area (Å²) in [6, 6.07) is 0. The second-order valence-electron chi connectivity index (χ2n) is 3.22. The van der Waals surface area contributed by atoms with E-state index in [4.69, 9.17) is 9.47 Å². The quantitative estimate of drug-likeness (QED) is 0.560. The summed E-state index contributed by atoms with van der Waals surface area (Å²) in [4.78, 5) is 0. The van der Waals surface area contributed by atoms with Crippen molar-refractivity contribution in [1.29, 1.82) is 0 Å². The summed E-state index contributed by atoms with van der Waals surface area (Å²) in [5.41, 5.74) is 0. The van der Waals surface area contributed by atoms with Crippen molar-refractivity contribution in [3.63, 3.8) is 0 Å². The van der Waals surface area contributed by atoms with Gasteiger partial charge in [-0.05, 0) is 25.7 Å². The van der Waals surface area contributed by atoms with E-state index in [2.05, 4.69) is 11.6 Å². The monoisotopic (exact) mass is 201 g/mol. The SMILES string of the molecule is C1CCOC1.C1CCOC1.[CH3][Al+][CH3]. The van der Waals surface area contributed by atoms with Crippen LogP contribution in [-0.4, -0.2) is 41.6 Å². The molecule has 2 heterocycles. The number of ether oxygens (including phenoxy) is 2. The Kier molecular flexibility index (Phi) is 12.9. The van der Waals surface area contributed by atoms with Gasteiger partial charge in [-0.15, -0.1) is 0 Å². The third-order valence-electron chi connectivity index (χ3n) is 1.65. The zero-order chi connectivity index (χ0) is 9.78. The molecule has 0 bridgehead atoms. The molecular formula is C10H22AlO2+. The second-order valence-corrected chi connectivity index (χ2v) is 4.37. The van der Waals surface area contributed by atoms with Crippen molar-refractivity contribution in [2.24, 2.45) is 0 Å². The van der Waals surface area contributed by atoms with Gasteiger partial charge in [-0.3, -0.25) is 0 Å². The van der Waals surface area contributed by atoms with E-state index in [0.29, 0.717) is 0 Å². The van der Waals surface area contributed by atoms with E-state index >= 15 is 0 Å². The molecule has 0 aliphatic carbocycles. The molecule has 2 aliphatic rings. The standard InChI is InChI=1S/2C4H8O.2CH3.Al/c2*1-2-4-5-3-1;;;/h2*1-4H2;2*1H3;/q;;;;+1. The Morgan fingerprint density at radius 2 is 0.923 bits per heavy atom. The Hall–Kier alpha value is 0.452. The first-order valence-electron chi connectivity index (χ1n) is 5.31. The van der Waals surface area contributed by atoms with Crippen molar-refractivity contribution in [2.75, 3.05) is 26.4 Å². The van der Waals surface area contributed by atoms with Gasteiger partial charge in [-0.2, -0.15) is 0 Å². The van der Waals surface area contributed by atoms with Crippen LogP contribution in [0, 0.1) is 0 Å². The summed E-state index contributed by atoms with van der Waals surface area (Å²) < 4.78 is 9.89. The summed E-state index contributed by atoms with van der Waals surface area (Å²) in [5.74, 6) is 4.42. The predicted octanol–water partition coefficient (Wildman–Crippen LogP) is 2.38. The molecule has 0 amide bonds. The number of hydrogen-bond donors (Lipinski definition) is 0. The summed E-state index contributed by atoms with van der Waals surface area (Å²) in [5, 5.41) is 0. The molecule has 0 aromatic heterocycles. The predicted molar refractivity (Wildman–Crippen MR) is 57.6 cm³/mol. The van der Waals surface area contributed by atoms with Gasteiger partial charge in [0.2, 0.25) is 0 Å². The fraction of sp³-hybridized carbons (Fsp3) is 1.00. The second kappa shape index (κ2) is 12.5. The van der Waals surface area contributed by atoms with Crippen LogP contribution in [0.3, 0.4) is 0 Å². The first kappa shape index (κ1) is 13.5. The minimum absolute atomic E-state index is 0.750. The maximum absolute atomic E-state index is 4.94. The molecule has 0 unspecified atom stereocenters. The Balaban J connectivity index is 0.000000174. The molecule has 2 saturated heterocycles. The van der Waals surface area contributed by atoms with Gasteiger partial charge in [0.1, 0.15) is 0 Å². The van der Waals surface area contributed by atoms with E-state index in [9.17, 15) is 0 Å². The first-order valence-corrected chi connectivity index (χ1v) is 7.62. The Morgan fingerprint density at radius 3 is 1.00 bits per heavy atom. The first-order chi connectivity index (χ1) is 6.41. The van der Waals surface area contributed by atoms with Gasteiger partial charge in [0.15, 0.2) is 0 Å². The Bertz CT molecular complexity index is 55.8. The molecule has 76 valence electrons. The summed E-state index contributed by atoms with van der Waals surface area (Å²) >= 11 is 0.750. The summed E-state index contributed by atoms with van der Waals surface area (Å²) in [6.07, 6.45) is 5.11. The topological polar surface area (TPSA) is 18.5 Å². The fourth-order valence-electron chi connectivity index (χ4n) is 1.02. The van der Waals surface area contributed by atoms with E-state index in [-0.39, 0.29) is 0 Å². The summed E-state index contributed by atoms with van der Waals surface area (Å²) in [7, 11) is 0. The number of rotatable bonds is 0. The molecule has 2 fully saturated rings. The van der Waals surface area contributed by atoms with Gasteiger partial charge in [0.05, 0.1) is 0 Å². The van der Waals surface area contributed by atoms with Crippen LogP contribution in [0.5, 0.6) is 0 Å². The molecule has 13 heavy (non-hydrogen) atoms. The zero-order valence-electron chi connectivity index (χ0n) is 9.05. The van der Waals surface area contributed by atoms with E-state index in [1.807, 2.05) is 0 Å². The molecule has 0 atom stereocenters. The van der Waals surface area contributed by atoms with Crippen molar-refractivity contribution in [1.82, 2.24) is 0 Å². The van der Waals surface area contributed by atoms with Crippen molar-refractivity contribution in [2.45, 2.75) is 37.3 Å². The number of hydrogen-bond acceptors (Lipinski definition) is 2. The Morgan fingerprint density at radius 1 is 0.692 bits per heavy atom. The van der Waals surface area contributed by atoms with Crippen LogP contribution in [0.2, 0.25) is 11.6 Å². The van der Waals surface area contributed by atoms with Gasteiger partial charge >= 0.3 is 26.8 Å². The molecule has 0 saturated carbocycles. The molecule has 0 spiro atoms. The summed E-state index contributed by atoms with van der Waals surface area (Å²) in [6.45, 7) is 4.00. The van der Waals surface area contributed by atoms with Crippen LogP contribution in [0.1, 0.15) is 25.7 Å². The van der Waals surface area contributed by atoms with Crippen LogP contribution >= 0.6 is 0 Å². The van der Waals surface area contributed by atoms with Gasteiger partial charge in [0, 0.05) is 26.4 Å². The van der Waals surface area contributed by atoms with Crippen LogP contribution in [0.4, 0.5) is 0 Å². The van der Waals surface area contributed by atoms with Crippen molar-refractivity contribution >= 4 is 15.2 Å². The Labute approximate surface area is 88.7 Å². The normalized spacial score (nSPS) is 19.2.